The van der Waals surface area contributed by atoms with E-state index in [-0.39, 0.29) is 11.0 Å². The van der Waals surface area contributed by atoms with E-state index in [9.17, 15) is 14.0 Å². The number of hydrogen-bond donors (Lipinski definition) is 1. The van der Waals surface area contributed by atoms with Crippen LogP contribution in [0, 0.1) is 5.82 Å². The summed E-state index contributed by atoms with van der Waals surface area (Å²) in [5.41, 5.74) is -0.342. The number of benzene rings is 1. The van der Waals surface area contributed by atoms with E-state index in [1.165, 1.54) is 24.5 Å². The summed E-state index contributed by atoms with van der Waals surface area (Å²) in [6.07, 6.45) is 2.93. The smallest absolute Gasteiger partial charge is 0.294 e. The Bertz CT molecular complexity index is 875. The first-order valence-corrected chi connectivity index (χ1v) is 6.09. The van der Waals surface area contributed by atoms with Crippen molar-refractivity contribution in [3.8, 4) is 0 Å². The van der Waals surface area contributed by atoms with Crippen LogP contribution in [-0.2, 0) is 0 Å². The Hall–Kier alpha value is -3.02. The van der Waals surface area contributed by atoms with Crippen molar-refractivity contribution in [3.63, 3.8) is 0 Å². The number of para-hydroxylation sites is 1. The molecule has 0 saturated carbocycles. The van der Waals surface area contributed by atoms with Gasteiger partial charge in [-0.05, 0) is 24.3 Å². The lowest BCUT2D eigenvalue weighted by Gasteiger charge is -2.05. The van der Waals surface area contributed by atoms with E-state index in [0.717, 1.165) is 0 Å². The molecule has 6 heteroatoms. The SMILES string of the molecule is O=C(Nc1cccnc1)c1oc2ccccc2c(=O)c1F. The van der Waals surface area contributed by atoms with Crippen LogP contribution in [0.15, 0.2) is 58.0 Å². The molecule has 3 rings (SSSR count). The van der Waals surface area contributed by atoms with Crippen molar-refractivity contribution in [2.24, 2.45) is 0 Å². The highest BCUT2D eigenvalue weighted by molar-refractivity contribution is 6.03. The Kier molecular flexibility index (Phi) is 3.19. The number of carbonyl (C=O) groups excluding carboxylic acids is 1. The summed E-state index contributed by atoms with van der Waals surface area (Å²) in [5.74, 6) is -2.71. The van der Waals surface area contributed by atoms with Crippen molar-refractivity contribution >= 4 is 22.6 Å². The van der Waals surface area contributed by atoms with Crippen LogP contribution in [0.4, 0.5) is 10.1 Å². The van der Waals surface area contributed by atoms with Crippen LogP contribution < -0.4 is 10.7 Å². The molecule has 0 fully saturated rings. The number of fused-ring (bicyclic) bond motifs is 1. The van der Waals surface area contributed by atoms with Gasteiger partial charge >= 0.3 is 0 Å². The molecule has 104 valence electrons. The molecule has 1 N–H and O–H groups in total. The second-order valence-electron chi connectivity index (χ2n) is 4.27. The van der Waals surface area contributed by atoms with Crippen LogP contribution in [0.2, 0.25) is 0 Å². The number of amides is 1. The fourth-order valence-corrected chi connectivity index (χ4v) is 1.89. The molecule has 1 aromatic carbocycles. The van der Waals surface area contributed by atoms with Crippen LogP contribution in [0.5, 0.6) is 0 Å². The van der Waals surface area contributed by atoms with E-state index in [2.05, 4.69) is 10.3 Å². The Labute approximate surface area is 118 Å². The number of hydrogen-bond acceptors (Lipinski definition) is 4. The predicted molar refractivity (Wildman–Crippen MR) is 74.6 cm³/mol. The Morgan fingerprint density at radius 2 is 2.00 bits per heavy atom. The molecule has 0 unspecified atom stereocenters. The fraction of sp³-hybridized carbons (Fsp3) is 0. The topological polar surface area (TPSA) is 72.2 Å². The van der Waals surface area contributed by atoms with Gasteiger partial charge in [0.15, 0.2) is 0 Å². The monoisotopic (exact) mass is 284 g/mol. The highest BCUT2D eigenvalue weighted by Gasteiger charge is 2.20. The highest BCUT2D eigenvalue weighted by atomic mass is 19.1. The van der Waals surface area contributed by atoms with Gasteiger partial charge in [-0.15, -0.1) is 0 Å². The third-order valence-electron chi connectivity index (χ3n) is 2.87. The molecular formula is C15H9FN2O3. The molecule has 21 heavy (non-hydrogen) atoms. The lowest BCUT2D eigenvalue weighted by molar-refractivity contribution is 0.0990. The van der Waals surface area contributed by atoms with E-state index in [0.29, 0.717) is 5.69 Å². The average molecular weight is 284 g/mol. The molecule has 0 radical (unpaired) electrons. The largest absolute Gasteiger partial charge is 0.447 e. The minimum absolute atomic E-state index is 0.0907. The average Bonchev–Trinajstić information content (AvgIpc) is 2.52. The fourth-order valence-electron chi connectivity index (χ4n) is 1.89. The molecule has 0 atom stereocenters. The van der Waals surface area contributed by atoms with E-state index >= 15 is 0 Å². The number of carbonyl (C=O) groups is 1. The Morgan fingerprint density at radius 1 is 1.19 bits per heavy atom. The number of pyridine rings is 1. The van der Waals surface area contributed by atoms with Crippen molar-refractivity contribution in [1.29, 1.82) is 0 Å². The molecule has 0 bridgehead atoms. The summed E-state index contributed by atoms with van der Waals surface area (Å²) < 4.78 is 19.2. The predicted octanol–water partition coefficient (Wildman–Crippen LogP) is 2.58. The van der Waals surface area contributed by atoms with E-state index in [1.807, 2.05) is 0 Å². The highest BCUT2D eigenvalue weighted by Crippen LogP contribution is 2.16. The second kappa shape index (κ2) is 5.16. The van der Waals surface area contributed by atoms with Gasteiger partial charge in [-0.2, -0.15) is 4.39 Å². The molecule has 2 aromatic heterocycles. The lowest BCUT2D eigenvalue weighted by atomic mass is 10.2. The van der Waals surface area contributed by atoms with Gasteiger partial charge in [0.05, 0.1) is 17.3 Å². The van der Waals surface area contributed by atoms with Crippen LogP contribution in [0.3, 0.4) is 0 Å². The van der Waals surface area contributed by atoms with Gasteiger partial charge in [-0.3, -0.25) is 14.6 Å². The van der Waals surface area contributed by atoms with Crippen LogP contribution in [-0.4, -0.2) is 10.9 Å². The molecule has 0 aliphatic rings. The molecule has 3 aromatic rings. The second-order valence-corrected chi connectivity index (χ2v) is 4.27. The summed E-state index contributed by atoms with van der Waals surface area (Å²) in [6.45, 7) is 0. The van der Waals surface area contributed by atoms with Crippen molar-refractivity contribution in [3.05, 3.63) is 70.6 Å². The maximum Gasteiger partial charge on any atom is 0.294 e. The maximum absolute atomic E-state index is 14.0. The van der Waals surface area contributed by atoms with E-state index < -0.39 is 22.9 Å². The van der Waals surface area contributed by atoms with Gasteiger partial charge in [0, 0.05) is 6.20 Å². The number of halogens is 1. The molecule has 2 heterocycles. The minimum atomic E-state index is -1.21. The minimum Gasteiger partial charge on any atom is -0.447 e. The summed E-state index contributed by atoms with van der Waals surface area (Å²) in [5, 5.41) is 2.51. The molecule has 0 saturated heterocycles. The first-order chi connectivity index (χ1) is 10.2. The number of anilines is 1. The van der Waals surface area contributed by atoms with Crippen molar-refractivity contribution in [2.75, 3.05) is 5.32 Å². The van der Waals surface area contributed by atoms with Crippen molar-refractivity contribution in [1.82, 2.24) is 4.98 Å². The van der Waals surface area contributed by atoms with Gasteiger partial charge in [0.1, 0.15) is 5.58 Å². The molecule has 0 aliphatic carbocycles. The van der Waals surface area contributed by atoms with Crippen LogP contribution in [0.1, 0.15) is 10.6 Å². The molecule has 0 aliphatic heterocycles. The van der Waals surface area contributed by atoms with Gasteiger partial charge < -0.3 is 9.73 Å². The van der Waals surface area contributed by atoms with Crippen molar-refractivity contribution < 1.29 is 13.6 Å². The third-order valence-corrected chi connectivity index (χ3v) is 2.87. The zero-order valence-corrected chi connectivity index (χ0v) is 10.7. The normalized spacial score (nSPS) is 10.5. The zero-order chi connectivity index (χ0) is 14.8. The number of nitrogens with one attached hydrogen (secondary N) is 1. The van der Waals surface area contributed by atoms with Gasteiger partial charge in [-0.25, -0.2) is 0 Å². The van der Waals surface area contributed by atoms with E-state index in [4.69, 9.17) is 4.42 Å². The summed E-state index contributed by atoms with van der Waals surface area (Å²) in [6, 6.07) is 9.36. The zero-order valence-electron chi connectivity index (χ0n) is 10.7. The molecule has 0 spiro atoms. The van der Waals surface area contributed by atoms with Gasteiger partial charge in [-0.1, -0.05) is 12.1 Å². The van der Waals surface area contributed by atoms with E-state index in [1.54, 1.807) is 24.3 Å². The Balaban J connectivity index is 2.06. The first-order valence-electron chi connectivity index (χ1n) is 6.09. The molecule has 5 nitrogen and oxygen atoms in total. The van der Waals surface area contributed by atoms with Crippen molar-refractivity contribution in [2.45, 2.75) is 0 Å². The van der Waals surface area contributed by atoms with Gasteiger partial charge in [0.2, 0.25) is 17.0 Å². The Morgan fingerprint density at radius 3 is 2.76 bits per heavy atom. The number of nitrogens with zero attached hydrogens (tertiary/aromatic N) is 1. The summed E-state index contributed by atoms with van der Waals surface area (Å²) in [4.78, 5) is 27.7. The molecular weight excluding hydrogens is 275 g/mol. The number of rotatable bonds is 2. The summed E-state index contributed by atoms with van der Waals surface area (Å²) >= 11 is 0. The molecule has 1 amide bonds. The maximum atomic E-state index is 14.0. The van der Waals surface area contributed by atoms with Gasteiger partial charge in [0.25, 0.3) is 5.91 Å². The van der Waals surface area contributed by atoms with Crippen LogP contribution >= 0.6 is 0 Å². The lowest BCUT2D eigenvalue weighted by Crippen LogP contribution is -2.19. The first kappa shape index (κ1) is 13.0. The third kappa shape index (κ3) is 2.38. The number of aromatic nitrogens is 1. The van der Waals surface area contributed by atoms with Crippen LogP contribution in [0.25, 0.3) is 11.0 Å². The quantitative estimate of drug-likeness (QED) is 0.785. The summed E-state index contributed by atoms with van der Waals surface area (Å²) in [7, 11) is 0. The standard InChI is InChI=1S/C15H9FN2O3/c16-12-13(19)10-5-1-2-6-11(10)21-14(12)15(20)18-9-4-3-7-17-8-9/h1-8H,(H,18,20).